The standard InChI is InChI=1S/C25H28IN2S.HI/c1-27-18-15-20(21-11-5-6-12-22(21)27)19-25-28(17-10-4-2-3-9-16-26)23-13-7-8-14-24(23)29-25;/h5-8,11-15,18-19H,2-4,9-10,16-17H2,1H3;1H/q+1;/p-1. The lowest BCUT2D eigenvalue weighted by atomic mass is 10.1. The first-order chi connectivity index (χ1) is 14.3. The maximum atomic E-state index is 2.53. The van der Waals surface area contributed by atoms with Crippen LogP contribution in [0.3, 0.4) is 0 Å². The highest BCUT2D eigenvalue weighted by Gasteiger charge is 2.24. The first kappa shape index (κ1) is 23.9. The van der Waals surface area contributed by atoms with Crippen molar-refractivity contribution in [3.8, 4) is 0 Å². The molecule has 1 aromatic heterocycles. The van der Waals surface area contributed by atoms with Crippen molar-refractivity contribution in [2.45, 2.75) is 37.0 Å². The van der Waals surface area contributed by atoms with Crippen LogP contribution < -0.4 is 33.4 Å². The summed E-state index contributed by atoms with van der Waals surface area (Å²) in [4.78, 5) is 3.90. The van der Waals surface area contributed by atoms with Gasteiger partial charge in [-0.05, 0) is 47.1 Å². The second-order valence-electron chi connectivity index (χ2n) is 7.56. The minimum Gasteiger partial charge on any atom is -1.00 e. The van der Waals surface area contributed by atoms with Gasteiger partial charge in [-0.3, -0.25) is 0 Å². The Morgan fingerprint density at radius 2 is 1.67 bits per heavy atom. The molecule has 2 aromatic carbocycles. The van der Waals surface area contributed by atoms with E-state index >= 15 is 0 Å². The van der Waals surface area contributed by atoms with Crippen LogP contribution in [0, 0.1) is 0 Å². The Bertz CT molecular complexity index is 1020. The molecule has 0 bridgehead atoms. The second kappa shape index (κ2) is 11.7. The normalized spacial score (nSPS) is 14.2. The molecule has 30 heavy (non-hydrogen) atoms. The van der Waals surface area contributed by atoms with Gasteiger partial charge in [0.25, 0.3) is 0 Å². The zero-order valence-corrected chi connectivity index (χ0v) is 22.5. The van der Waals surface area contributed by atoms with E-state index in [1.807, 2.05) is 11.8 Å². The van der Waals surface area contributed by atoms with Gasteiger partial charge in [-0.1, -0.05) is 77.9 Å². The monoisotopic (exact) mass is 642 g/mol. The fraction of sp³-hybridized carbons (Fsp3) is 0.320. The van der Waals surface area contributed by atoms with Gasteiger partial charge in [0.1, 0.15) is 7.05 Å². The third-order valence-electron chi connectivity index (χ3n) is 5.50. The van der Waals surface area contributed by atoms with Crippen molar-refractivity contribution in [3.05, 3.63) is 71.4 Å². The number of benzene rings is 2. The Morgan fingerprint density at radius 3 is 2.53 bits per heavy atom. The Morgan fingerprint density at radius 1 is 0.933 bits per heavy atom. The van der Waals surface area contributed by atoms with Crippen molar-refractivity contribution < 1.29 is 28.5 Å². The molecule has 2 heterocycles. The molecular weight excluding hydrogens is 614 g/mol. The molecule has 0 N–H and O–H groups in total. The van der Waals surface area contributed by atoms with Crippen LogP contribution in [0.5, 0.6) is 0 Å². The van der Waals surface area contributed by atoms with Crippen LogP contribution >= 0.6 is 34.4 Å². The van der Waals surface area contributed by atoms with Crippen molar-refractivity contribution in [2.24, 2.45) is 7.05 Å². The zero-order chi connectivity index (χ0) is 20.1. The van der Waals surface area contributed by atoms with Gasteiger partial charge in [-0.15, -0.1) is 0 Å². The van der Waals surface area contributed by atoms with E-state index in [4.69, 9.17) is 0 Å². The number of unbranched alkanes of at least 4 members (excludes halogenated alkanes) is 4. The molecule has 2 nitrogen and oxygen atoms in total. The predicted molar refractivity (Wildman–Crippen MR) is 135 cm³/mol. The van der Waals surface area contributed by atoms with Crippen LogP contribution in [0.4, 0.5) is 5.69 Å². The van der Waals surface area contributed by atoms with Gasteiger partial charge in [0.2, 0.25) is 5.52 Å². The molecule has 0 atom stereocenters. The number of hydrogen-bond acceptors (Lipinski definition) is 2. The number of halogens is 2. The second-order valence-corrected chi connectivity index (χ2v) is 9.70. The number of hydrogen-bond donors (Lipinski definition) is 0. The highest BCUT2D eigenvalue weighted by molar-refractivity contribution is 14.1. The quantitative estimate of drug-likeness (QED) is 0.159. The molecule has 0 unspecified atom stereocenters. The molecule has 4 rings (SSSR count). The van der Waals surface area contributed by atoms with Crippen LogP contribution in [0.25, 0.3) is 17.0 Å². The lowest BCUT2D eigenvalue weighted by Gasteiger charge is -2.20. The lowest BCUT2D eigenvalue weighted by Crippen LogP contribution is -3.00. The molecule has 1 aliphatic rings. The number of para-hydroxylation sites is 2. The SMILES string of the molecule is C[n+]1ccc(/C=C2\Sc3ccccc3N2CCCCCCCI)c2ccccc21.[I-]. The zero-order valence-electron chi connectivity index (χ0n) is 17.4. The van der Waals surface area contributed by atoms with Gasteiger partial charge in [-0.2, -0.15) is 0 Å². The molecule has 0 spiro atoms. The first-order valence-electron chi connectivity index (χ1n) is 10.5. The molecule has 0 aliphatic carbocycles. The van der Waals surface area contributed by atoms with Gasteiger partial charge >= 0.3 is 0 Å². The van der Waals surface area contributed by atoms with Gasteiger partial charge < -0.3 is 28.9 Å². The summed E-state index contributed by atoms with van der Waals surface area (Å²) < 4.78 is 3.48. The van der Waals surface area contributed by atoms with Crippen LogP contribution in [-0.2, 0) is 7.05 Å². The van der Waals surface area contributed by atoms with E-state index in [0.717, 1.165) is 6.54 Å². The van der Waals surface area contributed by atoms with E-state index in [2.05, 4.69) is 106 Å². The van der Waals surface area contributed by atoms with Crippen molar-refractivity contribution in [3.63, 3.8) is 0 Å². The van der Waals surface area contributed by atoms with E-state index in [0.29, 0.717) is 0 Å². The highest BCUT2D eigenvalue weighted by Crippen LogP contribution is 2.46. The largest absolute Gasteiger partial charge is 1.00 e. The highest BCUT2D eigenvalue weighted by atomic mass is 127. The van der Waals surface area contributed by atoms with Gasteiger partial charge in [0.05, 0.1) is 16.1 Å². The maximum absolute atomic E-state index is 2.53. The molecule has 5 heteroatoms. The summed E-state index contributed by atoms with van der Waals surface area (Å²) in [6.45, 7) is 1.10. The minimum absolute atomic E-state index is 0. The average Bonchev–Trinajstić information content (AvgIpc) is 3.10. The first-order valence-corrected chi connectivity index (χ1v) is 12.8. The Labute approximate surface area is 215 Å². The molecule has 1 aliphatic heterocycles. The molecule has 0 saturated heterocycles. The summed E-state index contributed by atoms with van der Waals surface area (Å²) in [5.74, 6) is 0. The smallest absolute Gasteiger partial charge is 0.212 e. The van der Waals surface area contributed by atoms with Crippen LogP contribution in [0.2, 0.25) is 0 Å². The topological polar surface area (TPSA) is 7.12 Å². The van der Waals surface area contributed by atoms with Crippen molar-refractivity contribution in [1.82, 2.24) is 0 Å². The number of rotatable bonds is 8. The minimum atomic E-state index is 0. The predicted octanol–water partition coefficient (Wildman–Crippen LogP) is 3.96. The molecule has 0 fully saturated rings. The average molecular weight is 642 g/mol. The molecule has 0 saturated carbocycles. The summed E-state index contributed by atoms with van der Waals surface area (Å²) in [5, 5.41) is 2.65. The summed E-state index contributed by atoms with van der Waals surface area (Å²) >= 11 is 4.38. The van der Waals surface area contributed by atoms with E-state index in [1.165, 1.54) is 68.6 Å². The van der Waals surface area contributed by atoms with Crippen molar-refractivity contribution in [2.75, 3.05) is 15.9 Å². The number of pyridine rings is 1. The number of alkyl halides is 1. The van der Waals surface area contributed by atoms with E-state index in [-0.39, 0.29) is 24.0 Å². The fourth-order valence-electron chi connectivity index (χ4n) is 3.93. The van der Waals surface area contributed by atoms with Gasteiger partial charge in [-0.25, -0.2) is 4.57 Å². The molecular formula is C25H28I2N2S. The van der Waals surface area contributed by atoms with Crippen molar-refractivity contribution in [1.29, 1.82) is 0 Å². The van der Waals surface area contributed by atoms with E-state index < -0.39 is 0 Å². The lowest BCUT2D eigenvalue weighted by molar-refractivity contribution is -0.644. The molecule has 158 valence electrons. The van der Waals surface area contributed by atoms with Gasteiger partial charge in [0, 0.05) is 23.6 Å². The number of aromatic nitrogens is 1. The molecule has 3 aromatic rings. The fourth-order valence-corrected chi connectivity index (χ4v) is 5.61. The van der Waals surface area contributed by atoms with E-state index in [1.54, 1.807) is 0 Å². The Balaban J connectivity index is 0.00000256. The van der Waals surface area contributed by atoms with Crippen molar-refractivity contribution >= 4 is 57.0 Å². The summed E-state index contributed by atoms with van der Waals surface area (Å²) in [7, 11) is 2.11. The summed E-state index contributed by atoms with van der Waals surface area (Å²) in [6, 6.07) is 19.7. The molecule has 0 amide bonds. The third kappa shape index (κ3) is 5.51. The third-order valence-corrected chi connectivity index (χ3v) is 7.38. The number of nitrogens with zero attached hydrogens (tertiary/aromatic N) is 2. The summed E-state index contributed by atoms with van der Waals surface area (Å²) in [5.41, 5.74) is 3.92. The Kier molecular flexibility index (Phi) is 9.32. The number of thioether (sulfide) groups is 1. The van der Waals surface area contributed by atoms with Crippen LogP contribution in [-0.4, -0.2) is 11.0 Å². The summed E-state index contributed by atoms with van der Waals surface area (Å²) in [6.07, 6.45) is 11.2. The maximum Gasteiger partial charge on any atom is 0.212 e. The number of anilines is 1. The molecule has 0 radical (unpaired) electrons. The van der Waals surface area contributed by atoms with Gasteiger partial charge in [0.15, 0.2) is 6.20 Å². The number of fused-ring (bicyclic) bond motifs is 2. The van der Waals surface area contributed by atoms with Crippen LogP contribution in [0.1, 0.15) is 37.7 Å². The van der Waals surface area contributed by atoms with E-state index in [9.17, 15) is 0 Å². The van der Waals surface area contributed by atoms with Crippen LogP contribution in [0.15, 0.2) is 70.7 Å². The Hall–Kier alpha value is -0.800. The number of aryl methyl sites for hydroxylation is 1.